The molecule has 2 aliphatic rings. The first-order chi connectivity index (χ1) is 15.1. The first-order valence-electron chi connectivity index (χ1n) is 10.7. The monoisotopic (exact) mass is 436 g/mol. The van der Waals surface area contributed by atoms with Crippen LogP contribution in [-0.2, 0) is 14.3 Å². The Bertz CT molecular complexity index is 1030. The maximum atomic E-state index is 12.5. The second-order valence-electron chi connectivity index (χ2n) is 9.63. The van der Waals surface area contributed by atoms with Crippen molar-refractivity contribution in [2.45, 2.75) is 38.6 Å². The van der Waals surface area contributed by atoms with E-state index in [9.17, 15) is 19.5 Å². The fourth-order valence-corrected chi connectivity index (χ4v) is 4.55. The van der Waals surface area contributed by atoms with Crippen molar-refractivity contribution >= 4 is 18.0 Å². The predicted molar refractivity (Wildman–Crippen MR) is 119 cm³/mol. The molecule has 2 aromatic rings. The fraction of sp³-hybridized carbons (Fsp3) is 0.400. The SMILES string of the molecule is CC(C)(CC(=O)N1CC(C)(C(=O)O)C1)NC(=O)OCC1c2ccccc2-c2ccccc21. The number of hydrogen-bond donors (Lipinski definition) is 2. The van der Waals surface area contributed by atoms with Gasteiger partial charge in [0.05, 0.1) is 5.41 Å². The summed E-state index contributed by atoms with van der Waals surface area (Å²) < 4.78 is 5.57. The Balaban J connectivity index is 1.33. The van der Waals surface area contributed by atoms with Crippen molar-refractivity contribution in [2.75, 3.05) is 19.7 Å². The fourth-order valence-electron chi connectivity index (χ4n) is 4.55. The van der Waals surface area contributed by atoms with E-state index in [1.54, 1.807) is 20.8 Å². The number of carbonyl (C=O) groups is 3. The van der Waals surface area contributed by atoms with Gasteiger partial charge in [0, 0.05) is 31.0 Å². The van der Waals surface area contributed by atoms with Crippen LogP contribution in [-0.4, -0.2) is 53.2 Å². The number of carbonyl (C=O) groups excluding carboxylic acids is 2. The van der Waals surface area contributed by atoms with E-state index in [4.69, 9.17) is 4.74 Å². The van der Waals surface area contributed by atoms with Crippen LogP contribution in [0.5, 0.6) is 0 Å². The van der Waals surface area contributed by atoms with E-state index in [1.807, 2.05) is 24.3 Å². The molecule has 0 atom stereocenters. The number of likely N-dealkylation sites (tertiary alicyclic amines) is 1. The molecule has 32 heavy (non-hydrogen) atoms. The number of carboxylic acid groups (broad SMARTS) is 1. The van der Waals surface area contributed by atoms with E-state index in [-0.39, 0.29) is 37.9 Å². The molecule has 0 bridgehead atoms. The van der Waals surface area contributed by atoms with Crippen molar-refractivity contribution in [1.82, 2.24) is 10.2 Å². The molecule has 4 rings (SSSR count). The molecule has 0 saturated carbocycles. The van der Waals surface area contributed by atoms with Crippen LogP contribution in [0.25, 0.3) is 11.1 Å². The molecule has 0 radical (unpaired) electrons. The maximum Gasteiger partial charge on any atom is 0.407 e. The normalized spacial score (nSPS) is 16.5. The number of rotatable bonds is 6. The average molecular weight is 437 g/mol. The molecule has 1 heterocycles. The third kappa shape index (κ3) is 4.07. The number of benzene rings is 2. The Labute approximate surface area is 187 Å². The van der Waals surface area contributed by atoms with E-state index in [1.165, 1.54) is 4.90 Å². The van der Waals surface area contributed by atoms with E-state index in [0.717, 1.165) is 22.3 Å². The largest absolute Gasteiger partial charge is 0.481 e. The Kier molecular flexibility index (Phi) is 5.44. The number of ether oxygens (including phenoxy) is 1. The Morgan fingerprint density at radius 3 is 2.12 bits per heavy atom. The van der Waals surface area contributed by atoms with Gasteiger partial charge in [0.15, 0.2) is 0 Å². The van der Waals surface area contributed by atoms with Crippen LogP contribution < -0.4 is 5.32 Å². The zero-order chi connectivity index (χ0) is 23.1. The van der Waals surface area contributed by atoms with Crippen molar-refractivity contribution < 1.29 is 24.2 Å². The van der Waals surface area contributed by atoms with Crippen molar-refractivity contribution in [3.8, 4) is 11.1 Å². The molecule has 2 N–H and O–H groups in total. The summed E-state index contributed by atoms with van der Waals surface area (Å²) in [5.74, 6) is -1.13. The van der Waals surface area contributed by atoms with Crippen LogP contribution in [0.15, 0.2) is 48.5 Å². The van der Waals surface area contributed by atoms with Gasteiger partial charge in [0.25, 0.3) is 0 Å². The molecule has 0 unspecified atom stereocenters. The van der Waals surface area contributed by atoms with Gasteiger partial charge >= 0.3 is 12.1 Å². The zero-order valence-electron chi connectivity index (χ0n) is 18.6. The highest BCUT2D eigenvalue weighted by molar-refractivity contribution is 5.84. The Morgan fingerprint density at radius 1 is 1.06 bits per heavy atom. The van der Waals surface area contributed by atoms with Crippen molar-refractivity contribution in [1.29, 1.82) is 0 Å². The van der Waals surface area contributed by atoms with E-state index >= 15 is 0 Å². The molecule has 0 spiro atoms. The van der Waals surface area contributed by atoms with Gasteiger partial charge in [-0.05, 0) is 43.0 Å². The molecule has 1 saturated heterocycles. The molecule has 1 fully saturated rings. The van der Waals surface area contributed by atoms with Crippen molar-refractivity contribution in [3.63, 3.8) is 0 Å². The number of amides is 2. The van der Waals surface area contributed by atoms with Gasteiger partial charge in [-0.15, -0.1) is 0 Å². The summed E-state index contributed by atoms with van der Waals surface area (Å²) in [4.78, 5) is 37.8. The van der Waals surface area contributed by atoms with Crippen molar-refractivity contribution in [2.24, 2.45) is 5.41 Å². The van der Waals surface area contributed by atoms with Gasteiger partial charge in [-0.25, -0.2) is 4.79 Å². The number of carboxylic acids is 1. The summed E-state index contributed by atoms with van der Waals surface area (Å²) >= 11 is 0. The topological polar surface area (TPSA) is 95.9 Å². The average Bonchev–Trinajstić information content (AvgIpc) is 3.02. The van der Waals surface area contributed by atoms with E-state index in [0.29, 0.717) is 0 Å². The van der Waals surface area contributed by atoms with Gasteiger partial charge in [-0.1, -0.05) is 48.5 Å². The first-order valence-corrected chi connectivity index (χ1v) is 10.7. The number of nitrogens with one attached hydrogen (secondary N) is 1. The number of hydrogen-bond acceptors (Lipinski definition) is 4. The molecule has 1 aliphatic heterocycles. The lowest BCUT2D eigenvalue weighted by molar-refractivity contribution is -0.164. The van der Waals surface area contributed by atoms with Crippen LogP contribution in [0.2, 0.25) is 0 Å². The smallest absolute Gasteiger partial charge is 0.407 e. The summed E-state index contributed by atoms with van der Waals surface area (Å²) in [5, 5.41) is 12.0. The zero-order valence-corrected chi connectivity index (χ0v) is 18.6. The molecule has 7 nitrogen and oxygen atoms in total. The van der Waals surface area contributed by atoms with E-state index in [2.05, 4.69) is 29.6 Å². The first kappa shape index (κ1) is 21.9. The Hall–Kier alpha value is -3.35. The third-order valence-corrected chi connectivity index (χ3v) is 6.33. The van der Waals surface area contributed by atoms with Gasteiger partial charge in [-0.3, -0.25) is 9.59 Å². The second-order valence-corrected chi connectivity index (χ2v) is 9.63. The number of fused-ring (bicyclic) bond motifs is 3. The van der Waals surface area contributed by atoms with Crippen LogP contribution >= 0.6 is 0 Å². The highest BCUT2D eigenvalue weighted by Crippen LogP contribution is 2.44. The van der Waals surface area contributed by atoms with Crippen LogP contribution in [0.1, 0.15) is 44.2 Å². The molecule has 168 valence electrons. The minimum Gasteiger partial charge on any atom is -0.481 e. The molecular weight excluding hydrogens is 408 g/mol. The molecule has 7 heteroatoms. The molecular formula is C25H28N2O5. The van der Waals surface area contributed by atoms with E-state index < -0.39 is 23.0 Å². The molecule has 1 aliphatic carbocycles. The summed E-state index contributed by atoms with van der Waals surface area (Å²) in [6.07, 6.45) is -0.518. The summed E-state index contributed by atoms with van der Waals surface area (Å²) in [7, 11) is 0. The summed E-state index contributed by atoms with van der Waals surface area (Å²) in [5.41, 5.74) is 2.87. The Morgan fingerprint density at radius 2 is 1.59 bits per heavy atom. The van der Waals surface area contributed by atoms with Gasteiger partial charge in [0.1, 0.15) is 6.61 Å². The predicted octanol–water partition coefficient (Wildman–Crippen LogP) is 3.63. The molecule has 0 aromatic heterocycles. The summed E-state index contributed by atoms with van der Waals surface area (Å²) in [6, 6.07) is 16.2. The maximum absolute atomic E-state index is 12.5. The minimum absolute atomic E-state index is 0.0346. The standard InChI is InChI=1S/C25H28N2O5/c1-24(2,12-21(28)27-14-25(3,15-27)22(29)30)26-23(31)32-13-20-18-10-6-4-8-16(18)17-9-5-7-11-19(17)20/h4-11,20H,12-15H2,1-3H3,(H,26,31)(H,29,30). The van der Waals surface area contributed by atoms with Crippen LogP contribution in [0, 0.1) is 5.41 Å². The lowest BCUT2D eigenvalue weighted by Gasteiger charge is -2.45. The van der Waals surface area contributed by atoms with Gasteiger partial charge in [0.2, 0.25) is 5.91 Å². The number of alkyl carbamates (subject to hydrolysis) is 1. The van der Waals surface area contributed by atoms with Gasteiger partial charge < -0.3 is 20.1 Å². The molecule has 2 aromatic carbocycles. The van der Waals surface area contributed by atoms with Crippen molar-refractivity contribution in [3.05, 3.63) is 59.7 Å². The number of aliphatic carboxylic acids is 1. The minimum atomic E-state index is -0.905. The quantitative estimate of drug-likeness (QED) is 0.721. The van der Waals surface area contributed by atoms with Crippen LogP contribution in [0.4, 0.5) is 4.79 Å². The lowest BCUT2D eigenvalue weighted by Crippen LogP contribution is -2.61. The summed E-state index contributed by atoms with van der Waals surface area (Å²) in [6.45, 7) is 5.70. The lowest BCUT2D eigenvalue weighted by atomic mass is 9.81. The molecule has 2 amide bonds. The van der Waals surface area contributed by atoms with Crippen LogP contribution in [0.3, 0.4) is 0 Å². The van der Waals surface area contributed by atoms with Gasteiger partial charge in [-0.2, -0.15) is 0 Å². The third-order valence-electron chi connectivity index (χ3n) is 6.33. The highest BCUT2D eigenvalue weighted by atomic mass is 16.5. The second kappa shape index (κ2) is 7.97. The highest BCUT2D eigenvalue weighted by Gasteiger charge is 2.48. The number of nitrogens with zero attached hydrogens (tertiary/aromatic N) is 1.